The van der Waals surface area contributed by atoms with Crippen molar-refractivity contribution in [1.29, 1.82) is 0 Å². The van der Waals surface area contributed by atoms with Gasteiger partial charge in [0.05, 0.1) is 0 Å². The highest BCUT2D eigenvalue weighted by Crippen LogP contribution is 2.18. The van der Waals surface area contributed by atoms with Crippen LogP contribution >= 0.6 is 0 Å². The summed E-state index contributed by atoms with van der Waals surface area (Å²) in [6.45, 7) is 9.02. The predicted molar refractivity (Wildman–Crippen MR) is 270 cm³/mol. The molecule has 0 aliphatic rings. The Hall–Kier alpha value is -1.59. The maximum atomic E-state index is 12.8. The van der Waals surface area contributed by atoms with Crippen LogP contribution in [0.5, 0.6) is 0 Å². The molecular formula is C57H110O6. The molecule has 63 heavy (non-hydrogen) atoms. The highest BCUT2D eigenvalue weighted by atomic mass is 16.6. The van der Waals surface area contributed by atoms with E-state index >= 15 is 0 Å². The Labute approximate surface area is 393 Å². The molecule has 1 unspecified atom stereocenters. The predicted octanol–water partition coefficient (Wildman–Crippen LogP) is 18.6. The standard InChI is InChI=1S/C57H110O6/c1-5-8-10-12-14-16-18-20-22-24-26-28-30-32-34-36-42-46-50-57(60)63-54(52-62-56(59)49-45-41-38-37-39-43-47-53(4)7-3)51-61-55(58)48-44-40-35-33-31-29-27-25-23-21-19-17-15-13-11-9-6-2/h53-54H,5-52H2,1-4H3/t53?,54-/m0/s1. The lowest BCUT2D eigenvalue weighted by Gasteiger charge is -2.18. The van der Waals surface area contributed by atoms with Crippen LogP contribution in [-0.4, -0.2) is 37.2 Å². The normalized spacial score (nSPS) is 12.4. The van der Waals surface area contributed by atoms with Gasteiger partial charge in [-0.15, -0.1) is 0 Å². The van der Waals surface area contributed by atoms with Crippen molar-refractivity contribution in [1.82, 2.24) is 0 Å². The Bertz CT molecular complexity index is 951. The highest BCUT2D eigenvalue weighted by Gasteiger charge is 2.19. The third-order valence-corrected chi connectivity index (χ3v) is 13.4. The van der Waals surface area contributed by atoms with Crippen LogP contribution in [0.2, 0.25) is 0 Å². The second-order valence-corrected chi connectivity index (χ2v) is 19.8. The maximum absolute atomic E-state index is 12.8. The zero-order valence-electron chi connectivity index (χ0n) is 43.0. The quantitative estimate of drug-likeness (QED) is 0.0344. The second kappa shape index (κ2) is 51.4. The average Bonchev–Trinajstić information content (AvgIpc) is 3.28. The maximum Gasteiger partial charge on any atom is 0.306 e. The van der Waals surface area contributed by atoms with Gasteiger partial charge in [-0.25, -0.2) is 0 Å². The third-order valence-electron chi connectivity index (χ3n) is 13.4. The van der Waals surface area contributed by atoms with Gasteiger partial charge in [-0.1, -0.05) is 285 Å². The lowest BCUT2D eigenvalue weighted by Crippen LogP contribution is -2.30. The Morgan fingerprint density at radius 2 is 0.556 bits per heavy atom. The number of ether oxygens (including phenoxy) is 3. The lowest BCUT2D eigenvalue weighted by molar-refractivity contribution is -0.167. The van der Waals surface area contributed by atoms with Crippen LogP contribution < -0.4 is 0 Å². The van der Waals surface area contributed by atoms with E-state index in [1.165, 1.54) is 218 Å². The first kappa shape index (κ1) is 61.4. The van der Waals surface area contributed by atoms with Gasteiger partial charge < -0.3 is 14.2 Å². The van der Waals surface area contributed by atoms with Crippen LogP contribution in [0.3, 0.4) is 0 Å². The van der Waals surface area contributed by atoms with E-state index in [0.29, 0.717) is 19.3 Å². The van der Waals surface area contributed by atoms with Crippen molar-refractivity contribution in [3.05, 3.63) is 0 Å². The Morgan fingerprint density at radius 1 is 0.317 bits per heavy atom. The molecule has 0 N–H and O–H groups in total. The fourth-order valence-corrected chi connectivity index (χ4v) is 8.72. The number of carbonyl (C=O) groups is 3. The summed E-state index contributed by atoms with van der Waals surface area (Å²) in [5.41, 5.74) is 0. The van der Waals surface area contributed by atoms with Gasteiger partial charge in [0.1, 0.15) is 13.2 Å². The molecule has 6 nitrogen and oxygen atoms in total. The Balaban J connectivity index is 4.25. The van der Waals surface area contributed by atoms with Crippen LogP contribution in [-0.2, 0) is 28.6 Å². The first-order chi connectivity index (χ1) is 30.9. The number of hydrogen-bond donors (Lipinski definition) is 0. The summed E-state index contributed by atoms with van der Waals surface area (Å²) in [6.07, 6.45) is 55.3. The zero-order valence-corrected chi connectivity index (χ0v) is 43.0. The van der Waals surface area contributed by atoms with E-state index in [1.807, 2.05) is 0 Å². The molecule has 0 rings (SSSR count). The molecule has 0 saturated heterocycles. The fourth-order valence-electron chi connectivity index (χ4n) is 8.72. The van der Waals surface area contributed by atoms with Crippen molar-refractivity contribution in [2.45, 2.75) is 329 Å². The van der Waals surface area contributed by atoms with Gasteiger partial charge in [0.25, 0.3) is 0 Å². The van der Waals surface area contributed by atoms with E-state index in [2.05, 4.69) is 27.7 Å². The largest absolute Gasteiger partial charge is 0.462 e. The summed E-state index contributed by atoms with van der Waals surface area (Å²) in [7, 11) is 0. The minimum absolute atomic E-state index is 0.0629. The SMILES string of the molecule is CCCCCCCCCCCCCCCCCCCCC(=O)O[C@@H](COC(=O)CCCCCCCCCCCCCCCCCCC)COC(=O)CCCCCCCCC(C)CC. The topological polar surface area (TPSA) is 78.9 Å². The summed E-state index contributed by atoms with van der Waals surface area (Å²) in [4.78, 5) is 38.0. The van der Waals surface area contributed by atoms with Crippen molar-refractivity contribution in [3.8, 4) is 0 Å². The molecule has 0 heterocycles. The van der Waals surface area contributed by atoms with Crippen LogP contribution in [0, 0.1) is 5.92 Å². The molecule has 0 aromatic rings. The molecular weight excluding hydrogens is 781 g/mol. The highest BCUT2D eigenvalue weighted by molar-refractivity contribution is 5.71. The number of esters is 3. The fraction of sp³-hybridized carbons (Fsp3) is 0.947. The van der Waals surface area contributed by atoms with Gasteiger partial charge in [0.15, 0.2) is 6.10 Å². The Kier molecular flexibility index (Phi) is 50.1. The molecule has 0 aromatic carbocycles. The van der Waals surface area contributed by atoms with E-state index in [9.17, 15) is 14.4 Å². The molecule has 6 heteroatoms. The molecule has 0 amide bonds. The summed E-state index contributed by atoms with van der Waals surface area (Å²) in [6, 6.07) is 0. The van der Waals surface area contributed by atoms with E-state index in [-0.39, 0.29) is 31.1 Å². The van der Waals surface area contributed by atoms with Crippen molar-refractivity contribution < 1.29 is 28.6 Å². The number of unbranched alkanes of at least 4 members (excludes halogenated alkanes) is 38. The van der Waals surface area contributed by atoms with Gasteiger partial charge in [0.2, 0.25) is 0 Å². The van der Waals surface area contributed by atoms with Gasteiger partial charge in [0, 0.05) is 19.3 Å². The summed E-state index contributed by atoms with van der Waals surface area (Å²) in [5.74, 6) is -0.0271. The molecule has 0 aromatic heterocycles. The molecule has 0 radical (unpaired) electrons. The van der Waals surface area contributed by atoms with Crippen molar-refractivity contribution in [3.63, 3.8) is 0 Å². The van der Waals surface area contributed by atoms with E-state index in [0.717, 1.165) is 63.7 Å². The summed E-state index contributed by atoms with van der Waals surface area (Å²) in [5, 5.41) is 0. The molecule has 0 aliphatic carbocycles. The van der Waals surface area contributed by atoms with Gasteiger partial charge >= 0.3 is 17.9 Å². The van der Waals surface area contributed by atoms with Crippen LogP contribution in [0.15, 0.2) is 0 Å². The molecule has 0 aliphatic heterocycles. The van der Waals surface area contributed by atoms with Crippen LogP contribution in [0.4, 0.5) is 0 Å². The monoisotopic (exact) mass is 891 g/mol. The first-order valence-electron chi connectivity index (χ1n) is 28.4. The van der Waals surface area contributed by atoms with Crippen LogP contribution in [0.25, 0.3) is 0 Å². The van der Waals surface area contributed by atoms with Gasteiger partial charge in [-0.05, 0) is 25.2 Å². The van der Waals surface area contributed by atoms with E-state index < -0.39 is 6.10 Å². The second-order valence-electron chi connectivity index (χ2n) is 19.8. The zero-order chi connectivity index (χ0) is 45.9. The van der Waals surface area contributed by atoms with E-state index in [4.69, 9.17) is 14.2 Å². The summed E-state index contributed by atoms with van der Waals surface area (Å²) < 4.78 is 16.9. The minimum Gasteiger partial charge on any atom is -0.462 e. The molecule has 0 spiro atoms. The minimum atomic E-state index is -0.762. The molecule has 0 saturated carbocycles. The van der Waals surface area contributed by atoms with Crippen molar-refractivity contribution in [2.75, 3.05) is 13.2 Å². The van der Waals surface area contributed by atoms with Gasteiger partial charge in [-0.3, -0.25) is 14.4 Å². The summed E-state index contributed by atoms with van der Waals surface area (Å²) >= 11 is 0. The van der Waals surface area contributed by atoms with Crippen LogP contribution in [0.1, 0.15) is 323 Å². The number of carbonyl (C=O) groups excluding carboxylic acids is 3. The molecule has 2 atom stereocenters. The first-order valence-corrected chi connectivity index (χ1v) is 28.4. The van der Waals surface area contributed by atoms with Crippen molar-refractivity contribution in [2.24, 2.45) is 5.92 Å². The number of hydrogen-bond acceptors (Lipinski definition) is 6. The van der Waals surface area contributed by atoms with Gasteiger partial charge in [-0.2, -0.15) is 0 Å². The Morgan fingerprint density at radius 3 is 0.825 bits per heavy atom. The number of rotatable bonds is 52. The third kappa shape index (κ3) is 49.7. The smallest absolute Gasteiger partial charge is 0.306 e. The molecule has 0 bridgehead atoms. The van der Waals surface area contributed by atoms with E-state index in [1.54, 1.807) is 0 Å². The van der Waals surface area contributed by atoms with Crippen molar-refractivity contribution >= 4 is 17.9 Å². The lowest BCUT2D eigenvalue weighted by atomic mass is 10.00. The molecule has 374 valence electrons. The average molecular weight is 892 g/mol. The molecule has 0 fully saturated rings.